The predicted molar refractivity (Wildman–Crippen MR) is 112 cm³/mol. The molecule has 30 heavy (non-hydrogen) atoms. The van der Waals surface area contributed by atoms with Crippen LogP contribution in [0.15, 0.2) is 72.3 Å². The Labute approximate surface area is 175 Å². The molecule has 0 saturated heterocycles. The summed E-state index contributed by atoms with van der Waals surface area (Å²) < 4.78 is 5.43. The Kier molecular flexibility index (Phi) is 5.96. The average molecular weight is 405 g/mol. The SMILES string of the molecule is CC(C)(C)OC(=O)C(CC1=CC(=O)N(c2ccccc2)C1=O)C(=O)c1ccccc1. The number of ketones is 1. The highest BCUT2D eigenvalue weighted by atomic mass is 16.6. The molecular weight excluding hydrogens is 382 g/mol. The molecule has 3 rings (SSSR count). The van der Waals surface area contributed by atoms with Crippen molar-refractivity contribution in [1.82, 2.24) is 0 Å². The van der Waals surface area contributed by atoms with Crippen LogP contribution in [0.4, 0.5) is 5.69 Å². The van der Waals surface area contributed by atoms with Crippen LogP contribution in [-0.4, -0.2) is 29.2 Å². The van der Waals surface area contributed by atoms with E-state index in [0.717, 1.165) is 4.90 Å². The zero-order valence-corrected chi connectivity index (χ0v) is 17.1. The zero-order valence-electron chi connectivity index (χ0n) is 17.1. The van der Waals surface area contributed by atoms with Crippen molar-refractivity contribution < 1.29 is 23.9 Å². The van der Waals surface area contributed by atoms with Gasteiger partial charge in [0, 0.05) is 17.2 Å². The van der Waals surface area contributed by atoms with Crippen molar-refractivity contribution in [3.05, 3.63) is 77.9 Å². The molecule has 0 saturated carbocycles. The summed E-state index contributed by atoms with van der Waals surface area (Å²) in [5.41, 5.74) is 0.0725. The van der Waals surface area contributed by atoms with Crippen LogP contribution in [0.3, 0.4) is 0 Å². The molecule has 1 atom stereocenters. The normalized spacial score (nSPS) is 15.0. The van der Waals surface area contributed by atoms with Gasteiger partial charge in [-0.2, -0.15) is 0 Å². The number of nitrogens with zero attached hydrogens (tertiary/aromatic N) is 1. The summed E-state index contributed by atoms with van der Waals surface area (Å²) in [4.78, 5) is 52.3. The van der Waals surface area contributed by atoms with Gasteiger partial charge in [0.2, 0.25) is 0 Å². The van der Waals surface area contributed by atoms with Gasteiger partial charge in [0.05, 0.1) is 5.69 Å². The molecule has 154 valence electrons. The van der Waals surface area contributed by atoms with Crippen molar-refractivity contribution in [2.45, 2.75) is 32.8 Å². The molecule has 1 heterocycles. The van der Waals surface area contributed by atoms with Crippen molar-refractivity contribution in [1.29, 1.82) is 0 Å². The number of esters is 1. The highest BCUT2D eigenvalue weighted by Gasteiger charge is 2.38. The lowest BCUT2D eigenvalue weighted by Crippen LogP contribution is -2.35. The van der Waals surface area contributed by atoms with Gasteiger partial charge in [0.1, 0.15) is 11.5 Å². The van der Waals surface area contributed by atoms with E-state index in [1.807, 2.05) is 0 Å². The van der Waals surface area contributed by atoms with Gasteiger partial charge in [-0.1, -0.05) is 48.5 Å². The lowest BCUT2D eigenvalue weighted by molar-refractivity contribution is -0.158. The van der Waals surface area contributed by atoms with Crippen LogP contribution in [0, 0.1) is 5.92 Å². The summed E-state index contributed by atoms with van der Waals surface area (Å²) in [5.74, 6) is -3.46. The number of hydrogen-bond donors (Lipinski definition) is 0. The predicted octanol–water partition coefficient (Wildman–Crippen LogP) is 3.72. The van der Waals surface area contributed by atoms with Crippen molar-refractivity contribution >= 4 is 29.3 Å². The van der Waals surface area contributed by atoms with Gasteiger partial charge in [0.15, 0.2) is 5.78 Å². The Hall–Kier alpha value is -3.54. The second kappa shape index (κ2) is 8.45. The molecule has 6 nitrogen and oxygen atoms in total. The van der Waals surface area contributed by atoms with E-state index in [4.69, 9.17) is 4.74 Å². The molecule has 0 aliphatic carbocycles. The smallest absolute Gasteiger partial charge is 0.317 e. The van der Waals surface area contributed by atoms with Crippen molar-refractivity contribution in [2.75, 3.05) is 4.90 Å². The summed E-state index contributed by atoms with van der Waals surface area (Å²) in [5, 5.41) is 0. The highest BCUT2D eigenvalue weighted by molar-refractivity contribution is 6.30. The molecule has 2 aromatic carbocycles. The zero-order chi connectivity index (χ0) is 21.9. The van der Waals surface area contributed by atoms with Crippen LogP contribution in [0.1, 0.15) is 37.6 Å². The third-order valence-corrected chi connectivity index (χ3v) is 4.50. The highest BCUT2D eigenvalue weighted by Crippen LogP contribution is 2.28. The first-order valence-corrected chi connectivity index (χ1v) is 9.63. The Morgan fingerprint density at radius 2 is 1.50 bits per heavy atom. The molecule has 0 N–H and O–H groups in total. The largest absolute Gasteiger partial charge is 0.459 e. The van der Waals surface area contributed by atoms with Crippen LogP contribution < -0.4 is 4.90 Å². The molecule has 0 spiro atoms. The third kappa shape index (κ3) is 4.71. The van der Waals surface area contributed by atoms with Crippen LogP contribution in [0.2, 0.25) is 0 Å². The van der Waals surface area contributed by atoms with Crippen molar-refractivity contribution in [3.8, 4) is 0 Å². The molecule has 0 bridgehead atoms. The minimum absolute atomic E-state index is 0.101. The van der Waals surface area contributed by atoms with Gasteiger partial charge < -0.3 is 4.74 Å². The number of benzene rings is 2. The first-order chi connectivity index (χ1) is 14.2. The third-order valence-electron chi connectivity index (χ3n) is 4.50. The Morgan fingerprint density at radius 3 is 2.07 bits per heavy atom. The van der Waals surface area contributed by atoms with Crippen LogP contribution in [0.5, 0.6) is 0 Å². The van der Waals surface area contributed by atoms with Gasteiger partial charge in [-0.3, -0.25) is 19.2 Å². The van der Waals surface area contributed by atoms with Gasteiger partial charge in [-0.05, 0) is 39.3 Å². The van der Waals surface area contributed by atoms with Crippen molar-refractivity contribution in [3.63, 3.8) is 0 Å². The summed E-state index contributed by atoms with van der Waals surface area (Å²) in [7, 11) is 0. The standard InChI is InChI=1S/C24H23NO5/c1-24(2,3)30-23(29)19(21(27)16-10-6-4-7-11-16)14-17-15-20(26)25(22(17)28)18-12-8-5-9-13-18/h4-13,15,19H,14H2,1-3H3. The Morgan fingerprint density at radius 1 is 0.933 bits per heavy atom. The molecule has 1 aliphatic rings. The maximum Gasteiger partial charge on any atom is 0.317 e. The van der Waals surface area contributed by atoms with E-state index in [9.17, 15) is 19.2 Å². The lowest BCUT2D eigenvalue weighted by Gasteiger charge is -2.24. The topological polar surface area (TPSA) is 80.8 Å². The van der Waals surface area contributed by atoms with E-state index in [-0.39, 0.29) is 12.0 Å². The number of amides is 2. The maximum atomic E-state index is 13.1. The molecule has 2 amide bonds. The summed E-state index contributed by atoms with van der Waals surface area (Å²) in [6.45, 7) is 5.11. The molecule has 1 unspecified atom stereocenters. The molecule has 0 radical (unpaired) electrons. The van der Waals surface area contributed by atoms with E-state index < -0.39 is 35.1 Å². The van der Waals surface area contributed by atoms with Gasteiger partial charge in [0.25, 0.3) is 11.8 Å². The second-order valence-electron chi connectivity index (χ2n) is 8.00. The number of rotatable bonds is 6. The fourth-order valence-corrected chi connectivity index (χ4v) is 3.17. The minimum atomic E-state index is -1.23. The fourth-order valence-electron chi connectivity index (χ4n) is 3.17. The number of hydrogen-bond acceptors (Lipinski definition) is 5. The van der Waals surface area contributed by atoms with Crippen LogP contribution >= 0.6 is 0 Å². The Balaban J connectivity index is 1.88. The van der Waals surface area contributed by atoms with E-state index >= 15 is 0 Å². The molecule has 0 aromatic heterocycles. The van der Waals surface area contributed by atoms with E-state index in [0.29, 0.717) is 11.3 Å². The second-order valence-corrected chi connectivity index (χ2v) is 8.00. The molecule has 2 aromatic rings. The average Bonchev–Trinajstić information content (AvgIpc) is 2.98. The number of carbonyl (C=O) groups is 4. The number of anilines is 1. The van der Waals surface area contributed by atoms with E-state index in [1.54, 1.807) is 81.4 Å². The minimum Gasteiger partial charge on any atom is -0.459 e. The number of carbonyl (C=O) groups excluding carboxylic acids is 4. The Bertz CT molecular complexity index is 1000. The molecular formula is C24H23NO5. The maximum absolute atomic E-state index is 13.1. The van der Waals surface area contributed by atoms with E-state index in [1.165, 1.54) is 6.08 Å². The number of imide groups is 1. The van der Waals surface area contributed by atoms with Crippen LogP contribution in [0.25, 0.3) is 0 Å². The van der Waals surface area contributed by atoms with Gasteiger partial charge >= 0.3 is 5.97 Å². The summed E-state index contributed by atoms with van der Waals surface area (Å²) in [6, 6.07) is 16.9. The van der Waals surface area contributed by atoms with E-state index in [2.05, 4.69) is 0 Å². The monoisotopic (exact) mass is 405 g/mol. The first kappa shape index (κ1) is 21.2. The fraction of sp³-hybridized carbons (Fsp3) is 0.250. The van der Waals surface area contributed by atoms with Crippen LogP contribution in [-0.2, 0) is 19.1 Å². The quantitative estimate of drug-likeness (QED) is 0.317. The van der Waals surface area contributed by atoms with Gasteiger partial charge in [-0.15, -0.1) is 0 Å². The first-order valence-electron chi connectivity index (χ1n) is 9.63. The molecule has 6 heteroatoms. The molecule has 1 aliphatic heterocycles. The number of Topliss-reactive ketones (excluding diaryl/α,β-unsaturated/α-hetero) is 1. The molecule has 0 fully saturated rings. The van der Waals surface area contributed by atoms with Crippen molar-refractivity contribution in [2.24, 2.45) is 5.92 Å². The summed E-state index contributed by atoms with van der Waals surface area (Å²) >= 11 is 0. The number of ether oxygens (including phenoxy) is 1. The summed E-state index contributed by atoms with van der Waals surface area (Å²) in [6.07, 6.45) is 0.974. The number of para-hydroxylation sites is 1. The van der Waals surface area contributed by atoms with Gasteiger partial charge in [-0.25, -0.2) is 4.90 Å². The lowest BCUT2D eigenvalue weighted by atomic mass is 9.91.